The Morgan fingerprint density at radius 2 is 2.00 bits per heavy atom. The summed E-state index contributed by atoms with van der Waals surface area (Å²) in [4.78, 5) is 11.2. The molecule has 1 N–H and O–H groups in total. The number of hydrogen-bond acceptors (Lipinski definition) is 1. The number of carbonyl (C=O) groups is 1. The van der Waals surface area contributed by atoms with Crippen molar-refractivity contribution in [3.63, 3.8) is 0 Å². The van der Waals surface area contributed by atoms with Gasteiger partial charge in [0, 0.05) is 0 Å². The predicted octanol–water partition coefficient (Wildman–Crippen LogP) is 1.93. The Hall–Kier alpha value is -0.490. The van der Waals surface area contributed by atoms with E-state index in [1.165, 1.54) is 0 Å². The van der Waals surface area contributed by atoms with Crippen molar-refractivity contribution in [2.45, 2.75) is 38.1 Å². The van der Waals surface area contributed by atoms with Crippen molar-refractivity contribution in [3.8, 4) is 12.3 Å². The number of rotatable bonds is 3. The molecule has 74 valence electrons. The van der Waals surface area contributed by atoms with Crippen LogP contribution in [0, 0.1) is 18.3 Å². The molecule has 0 aromatic rings. The lowest BCUT2D eigenvalue weighted by molar-refractivity contribution is -0.121. The van der Waals surface area contributed by atoms with Crippen molar-refractivity contribution in [1.29, 1.82) is 0 Å². The van der Waals surface area contributed by atoms with Gasteiger partial charge in [-0.25, -0.2) is 0 Å². The average Bonchev–Trinajstić information content (AvgIpc) is 2.03. The summed E-state index contributed by atoms with van der Waals surface area (Å²) in [5.74, 6) is 2.75. The van der Waals surface area contributed by atoms with E-state index in [0.717, 1.165) is 0 Å². The zero-order valence-corrected chi connectivity index (χ0v) is 10.1. The number of carbonyl (C=O) groups excluding carboxylic acids is 1. The first-order valence-corrected chi connectivity index (χ1v) is 5.19. The highest BCUT2D eigenvalue weighted by Gasteiger charge is 2.28. The minimum absolute atomic E-state index is 0.0749. The van der Waals surface area contributed by atoms with E-state index >= 15 is 0 Å². The fourth-order valence-corrected chi connectivity index (χ4v) is 0.817. The van der Waals surface area contributed by atoms with Gasteiger partial charge in [-0.2, -0.15) is 0 Å². The molecule has 0 aromatic carbocycles. The second-order valence-electron chi connectivity index (χ2n) is 3.61. The van der Waals surface area contributed by atoms with Crippen molar-refractivity contribution < 1.29 is 4.79 Å². The van der Waals surface area contributed by atoms with Crippen LogP contribution in [0.3, 0.4) is 0 Å². The summed E-state index contributed by atoms with van der Waals surface area (Å²) in [5, 5.41) is 2.82. The maximum Gasteiger partial charge on any atom is 0.234 e. The molecule has 0 aliphatic carbocycles. The molecule has 0 aromatic heterocycles. The predicted molar refractivity (Wildman–Crippen MR) is 58.6 cm³/mol. The lowest BCUT2D eigenvalue weighted by Crippen LogP contribution is -2.50. The van der Waals surface area contributed by atoms with E-state index in [-0.39, 0.29) is 16.7 Å². The monoisotopic (exact) mass is 245 g/mol. The Morgan fingerprint density at radius 1 is 1.54 bits per heavy atom. The van der Waals surface area contributed by atoms with Crippen LogP contribution in [0.1, 0.15) is 27.7 Å². The van der Waals surface area contributed by atoms with Crippen LogP contribution < -0.4 is 5.32 Å². The number of nitrogens with one attached hydrogen (secondary N) is 1. The Kier molecular flexibility index (Phi) is 4.49. The van der Waals surface area contributed by atoms with E-state index in [4.69, 9.17) is 6.42 Å². The molecular weight excluding hydrogens is 230 g/mol. The molecule has 13 heavy (non-hydrogen) atoms. The molecule has 0 radical (unpaired) electrons. The Morgan fingerprint density at radius 3 is 2.23 bits per heavy atom. The molecule has 0 bridgehead atoms. The van der Waals surface area contributed by atoms with Gasteiger partial charge in [0.25, 0.3) is 0 Å². The van der Waals surface area contributed by atoms with Crippen molar-refractivity contribution in [1.82, 2.24) is 5.32 Å². The standard InChI is InChI=1S/C10H16BrNO/c1-6-10(5,7(2)3)12-9(13)8(4)11/h1,7-8H,2-5H3,(H,12,13). The number of alkyl halides is 1. The first-order chi connectivity index (χ1) is 5.83. The molecule has 0 aliphatic heterocycles. The molecule has 2 unspecified atom stereocenters. The minimum atomic E-state index is -0.556. The summed E-state index contributed by atoms with van der Waals surface area (Å²) in [6, 6.07) is 0. The van der Waals surface area contributed by atoms with E-state index in [1.807, 2.05) is 20.8 Å². The van der Waals surface area contributed by atoms with E-state index in [1.54, 1.807) is 6.92 Å². The van der Waals surface area contributed by atoms with Crippen LogP contribution >= 0.6 is 15.9 Å². The van der Waals surface area contributed by atoms with Gasteiger partial charge < -0.3 is 5.32 Å². The van der Waals surface area contributed by atoms with Crippen molar-refractivity contribution in [2.24, 2.45) is 5.92 Å². The maximum atomic E-state index is 11.4. The van der Waals surface area contributed by atoms with Crippen molar-refractivity contribution in [3.05, 3.63) is 0 Å². The topological polar surface area (TPSA) is 29.1 Å². The molecule has 0 saturated heterocycles. The first-order valence-electron chi connectivity index (χ1n) is 4.27. The number of amides is 1. The quantitative estimate of drug-likeness (QED) is 0.598. The van der Waals surface area contributed by atoms with E-state index in [2.05, 4.69) is 27.2 Å². The van der Waals surface area contributed by atoms with E-state index in [0.29, 0.717) is 0 Å². The van der Waals surface area contributed by atoms with Crippen LogP contribution in [0.15, 0.2) is 0 Å². The molecule has 0 fully saturated rings. The zero-order valence-electron chi connectivity index (χ0n) is 8.52. The third-order valence-corrected chi connectivity index (χ3v) is 2.61. The van der Waals surface area contributed by atoms with Crippen molar-refractivity contribution >= 4 is 21.8 Å². The van der Waals surface area contributed by atoms with Gasteiger partial charge in [-0.05, 0) is 19.8 Å². The highest BCUT2D eigenvalue weighted by atomic mass is 79.9. The lowest BCUT2D eigenvalue weighted by Gasteiger charge is -2.29. The summed E-state index contributed by atoms with van der Waals surface area (Å²) >= 11 is 3.19. The Balaban J connectivity index is 4.48. The molecule has 0 aliphatic rings. The van der Waals surface area contributed by atoms with Crippen LogP contribution in [0.5, 0.6) is 0 Å². The van der Waals surface area contributed by atoms with Gasteiger partial charge in [0.15, 0.2) is 0 Å². The van der Waals surface area contributed by atoms with Gasteiger partial charge in [-0.3, -0.25) is 4.79 Å². The largest absolute Gasteiger partial charge is 0.339 e. The van der Waals surface area contributed by atoms with Crippen LogP contribution in [-0.2, 0) is 4.79 Å². The Labute approximate surface area is 88.6 Å². The number of terminal acetylenes is 1. The molecule has 2 nitrogen and oxygen atoms in total. The SMILES string of the molecule is C#CC(C)(NC(=O)C(C)Br)C(C)C. The maximum absolute atomic E-state index is 11.4. The minimum Gasteiger partial charge on any atom is -0.339 e. The van der Waals surface area contributed by atoms with Crippen molar-refractivity contribution in [2.75, 3.05) is 0 Å². The normalized spacial score (nSPS) is 17.3. The van der Waals surface area contributed by atoms with Gasteiger partial charge in [-0.1, -0.05) is 35.7 Å². The van der Waals surface area contributed by atoms with E-state index < -0.39 is 5.54 Å². The van der Waals surface area contributed by atoms with Crippen LogP contribution in [0.25, 0.3) is 0 Å². The molecule has 3 heteroatoms. The molecular formula is C10H16BrNO. The summed E-state index contributed by atoms with van der Waals surface area (Å²) in [6.07, 6.45) is 5.38. The Bertz CT molecular complexity index is 230. The third kappa shape index (κ3) is 3.40. The van der Waals surface area contributed by atoms with Gasteiger partial charge in [0.2, 0.25) is 5.91 Å². The summed E-state index contributed by atoms with van der Waals surface area (Å²) in [5.41, 5.74) is -0.556. The van der Waals surface area contributed by atoms with E-state index in [9.17, 15) is 4.79 Å². The molecule has 0 heterocycles. The molecule has 2 atom stereocenters. The van der Waals surface area contributed by atoms with Crippen LogP contribution in [-0.4, -0.2) is 16.3 Å². The molecule has 0 spiro atoms. The third-order valence-electron chi connectivity index (χ3n) is 2.20. The molecule has 1 amide bonds. The van der Waals surface area contributed by atoms with Crippen LogP contribution in [0.2, 0.25) is 0 Å². The lowest BCUT2D eigenvalue weighted by atomic mass is 9.89. The fraction of sp³-hybridized carbons (Fsp3) is 0.700. The summed E-state index contributed by atoms with van der Waals surface area (Å²) < 4.78 is 0. The smallest absolute Gasteiger partial charge is 0.234 e. The molecule has 0 rings (SSSR count). The fourth-order valence-electron chi connectivity index (χ4n) is 0.702. The number of halogens is 1. The summed E-state index contributed by atoms with van der Waals surface area (Å²) in [7, 11) is 0. The highest BCUT2D eigenvalue weighted by molar-refractivity contribution is 9.10. The first kappa shape index (κ1) is 12.5. The van der Waals surface area contributed by atoms with Gasteiger partial charge in [-0.15, -0.1) is 6.42 Å². The second-order valence-corrected chi connectivity index (χ2v) is 4.98. The highest BCUT2D eigenvalue weighted by Crippen LogP contribution is 2.15. The zero-order chi connectivity index (χ0) is 10.6. The average molecular weight is 246 g/mol. The summed E-state index contributed by atoms with van der Waals surface area (Å²) in [6.45, 7) is 7.59. The van der Waals surface area contributed by atoms with Gasteiger partial charge in [0.05, 0.1) is 4.83 Å². The van der Waals surface area contributed by atoms with Crippen LogP contribution in [0.4, 0.5) is 0 Å². The van der Waals surface area contributed by atoms with Gasteiger partial charge in [0.1, 0.15) is 5.54 Å². The molecule has 0 saturated carbocycles. The second kappa shape index (κ2) is 4.66. The van der Waals surface area contributed by atoms with Gasteiger partial charge >= 0.3 is 0 Å². The number of hydrogen-bond donors (Lipinski definition) is 1.